The molecule has 2 amide bonds. The van der Waals surface area contributed by atoms with Crippen molar-refractivity contribution in [1.29, 1.82) is 0 Å². The summed E-state index contributed by atoms with van der Waals surface area (Å²) in [5, 5.41) is 9.56. The molecule has 2 bridgehead atoms. The molecule has 1 unspecified atom stereocenters. The van der Waals surface area contributed by atoms with Gasteiger partial charge in [-0.15, -0.1) is 0 Å². The molecule has 1 aromatic rings. The van der Waals surface area contributed by atoms with Crippen molar-refractivity contribution in [3.8, 4) is 0 Å². The molecule has 0 spiro atoms. The minimum atomic E-state index is -0.215. The molecule has 0 saturated heterocycles. The van der Waals surface area contributed by atoms with Crippen LogP contribution in [-0.2, 0) is 0 Å². The predicted molar refractivity (Wildman–Crippen MR) is 110 cm³/mol. The lowest BCUT2D eigenvalue weighted by Gasteiger charge is -2.39. The fourth-order valence-corrected chi connectivity index (χ4v) is 5.67. The molecular formula is C23H32FN3O. The number of urea groups is 1. The van der Waals surface area contributed by atoms with Gasteiger partial charge in [0.1, 0.15) is 5.82 Å². The first-order chi connectivity index (χ1) is 13.4. The summed E-state index contributed by atoms with van der Waals surface area (Å²) in [6, 6.07) is 6.75. The third kappa shape index (κ3) is 3.03. The Labute approximate surface area is 167 Å². The first-order valence-corrected chi connectivity index (χ1v) is 10.8. The Morgan fingerprint density at radius 3 is 2.61 bits per heavy atom. The molecule has 3 aliphatic rings. The van der Waals surface area contributed by atoms with Crippen molar-refractivity contribution in [1.82, 2.24) is 10.3 Å². The zero-order chi connectivity index (χ0) is 19.9. The Kier molecular flexibility index (Phi) is 4.96. The van der Waals surface area contributed by atoms with Crippen LogP contribution in [0.25, 0.3) is 0 Å². The van der Waals surface area contributed by atoms with E-state index in [2.05, 4.69) is 31.2 Å². The molecule has 2 saturated carbocycles. The van der Waals surface area contributed by atoms with E-state index in [4.69, 9.17) is 0 Å². The molecule has 152 valence electrons. The lowest BCUT2D eigenvalue weighted by molar-refractivity contribution is 0.148. The second-order valence-electron chi connectivity index (χ2n) is 9.32. The lowest BCUT2D eigenvalue weighted by atomic mass is 9.76. The van der Waals surface area contributed by atoms with Crippen LogP contribution < -0.4 is 5.32 Å². The van der Waals surface area contributed by atoms with E-state index in [1.807, 2.05) is 12.1 Å². The normalized spacial score (nSPS) is 34.0. The number of unbranched alkanes of at least 4 members (excludes halogenated alkanes) is 1. The SMILES string of the molecule is CCCCC1=NN(C(=O)N[C@@]2(C)C3CCC2(C)CC3)CC1c1ccccc1F. The van der Waals surface area contributed by atoms with Gasteiger partial charge < -0.3 is 5.32 Å². The van der Waals surface area contributed by atoms with Gasteiger partial charge in [-0.1, -0.05) is 38.5 Å². The molecule has 1 aromatic carbocycles. The van der Waals surface area contributed by atoms with Crippen molar-refractivity contribution in [3.63, 3.8) is 0 Å². The fraction of sp³-hybridized carbons (Fsp3) is 0.652. The first-order valence-electron chi connectivity index (χ1n) is 10.8. The maximum absolute atomic E-state index is 14.4. The number of amides is 2. The number of nitrogens with one attached hydrogen (secondary N) is 1. The summed E-state index contributed by atoms with van der Waals surface area (Å²) in [6.45, 7) is 7.07. The Bertz CT molecular complexity index is 784. The van der Waals surface area contributed by atoms with Gasteiger partial charge in [0.25, 0.3) is 0 Å². The zero-order valence-corrected chi connectivity index (χ0v) is 17.3. The summed E-state index contributed by atoms with van der Waals surface area (Å²) in [4.78, 5) is 13.2. The van der Waals surface area contributed by atoms with E-state index in [0.29, 0.717) is 18.0 Å². The number of hydrogen-bond acceptors (Lipinski definition) is 2. The first kappa shape index (κ1) is 19.4. The van der Waals surface area contributed by atoms with Gasteiger partial charge in [0.15, 0.2) is 0 Å². The zero-order valence-electron chi connectivity index (χ0n) is 17.3. The highest BCUT2D eigenvalue weighted by molar-refractivity contribution is 5.94. The van der Waals surface area contributed by atoms with E-state index in [0.717, 1.165) is 25.0 Å². The molecular weight excluding hydrogens is 353 g/mol. The third-order valence-electron chi connectivity index (χ3n) is 7.83. The van der Waals surface area contributed by atoms with Crippen LogP contribution in [-0.4, -0.2) is 28.8 Å². The molecule has 4 nitrogen and oxygen atoms in total. The van der Waals surface area contributed by atoms with E-state index in [1.165, 1.54) is 31.7 Å². The minimum absolute atomic E-state index is 0.129. The topological polar surface area (TPSA) is 44.7 Å². The summed E-state index contributed by atoms with van der Waals surface area (Å²) >= 11 is 0. The Morgan fingerprint density at radius 2 is 2.00 bits per heavy atom. The van der Waals surface area contributed by atoms with Crippen molar-refractivity contribution in [2.45, 2.75) is 77.2 Å². The maximum Gasteiger partial charge on any atom is 0.338 e. The molecule has 1 aliphatic heterocycles. The number of hydrogen-bond donors (Lipinski definition) is 1. The Morgan fingerprint density at radius 1 is 1.29 bits per heavy atom. The van der Waals surface area contributed by atoms with Crippen LogP contribution in [0.5, 0.6) is 0 Å². The van der Waals surface area contributed by atoms with E-state index < -0.39 is 0 Å². The second kappa shape index (κ2) is 7.16. The largest absolute Gasteiger partial charge is 0.338 e. The van der Waals surface area contributed by atoms with Crippen LogP contribution in [0.15, 0.2) is 29.4 Å². The highest BCUT2D eigenvalue weighted by atomic mass is 19.1. The van der Waals surface area contributed by atoms with E-state index in [9.17, 15) is 9.18 Å². The monoisotopic (exact) mass is 385 g/mol. The molecule has 4 rings (SSSR count). The molecule has 2 atom stereocenters. The number of benzene rings is 1. The number of rotatable bonds is 5. The van der Waals surface area contributed by atoms with E-state index in [1.54, 1.807) is 11.1 Å². The molecule has 0 radical (unpaired) electrons. The van der Waals surface area contributed by atoms with Gasteiger partial charge in [-0.05, 0) is 68.4 Å². The molecule has 2 aliphatic carbocycles. The number of halogens is 1. The minimum Gasteiger partial charge on any atom is -0.331 e. The smallest absolute Gasteiger partial charge is 0.331 e. The van der Waals surface area contributed by atoms with Crippen molar-refractivity contribution in [2.24, 2.45) is 16.4 Å². The van der Waals surface area contributed by atoms with Crippen molar-refractivity contribution < 1.29 is 9.18 Å². The second-order valence-corrected chi connectivity index (χ2v) is 9.32. The summed E-state index contributed by atoms with van der Waals surface area (Å²) < 4.78 is 14.4. The van der Waals surface area contributed by atoms with Crippen LogP contribution in [0.3, 0.4) is 0 Å². The molecule has 2 fully saturated rings. The summed E-state index contributed by atoms with van der Waals surface area (Å²) in [7, 11) is 0. The number of nitrogens with zero attached hydrogens (tertiary/aromatic N) is 2. The molecule has 5 heteroatoms. The fourth-order valence-electron chi connectivity index (χ4n) is 5.67. The van der Waals surface area contributed by atoms with Gasteiger partial charge in [-0.2, -0.15) is 5.10 Å². The maximum atomic E-state index is 14.4. The van der Waals surface area contributed by atoms with Gasteiger partial charge in [0.05, 0.1) is 6.54 Å². The van der Waals surface area contributed by atoms with Gasteiger partial charge in [-0.3, -0.25) is 0 Å². The van der Waals surface area contributed by atoms with E-state index >= 15 is 0 Å². The van der Waals surface area contributed by atoms with Crippen LogP contribution >= 0.6 is 0 Å². The van der Waals surface area contributed by atoms with Crippen molar-refractivity contribution in [2.75, 3.05) is 6.54 Å². The van der Waals surface area contributed by atoms with E-state index in [-0.39, 0.29) is 28.7 Å². The lowest BCUT2D eigenvalue weighted by Crippen LogP contribution is -2.56. The standard InChI is InChI=1S/C23H32FN3O/c1-4-5-10-20-18(17-8-6-7-9-19(17)24)15-27(26-20)21(28)25-23(3)16-11-13-22(23,2)14-12-16/h6-9,16,18H,4-5,10-15H2,1-3H3,(H,25,28)/t16?,18?,22?,23-/m0/s1. The third-order valence-corrected chi connectivity index (χ3v) is 7.83. The van der Waals surface area contributed by atoms with Gasteiger partial charge >= 0.3 is 6.03 Å². The van der Waals surface area contributed by atoms with Crippen molar-refractivity contribution in [3.05, 3.63) is 35.6 Å². The van der Waals surface area contributed by atoms with Crippen LogP contribution in [0, 0.1) is 17.2 Å². The average molecular weight is 386 g/mol. The highest BCUT2D eigenvalue weighted by Crippen LogP contribution is 2.60. The van der Waals surface area contributed by atoms with Crippen LogP contribution in [0.4, 0.5) is 9.18 Å². The van der Waals surface area contributed by atoms with Crippen molar-refractivity contribution >= 4 is 11.7 Å². The summed E-state index contributed by atoms with van der Waals surface area (Å²) in [5.74, 6) is 0.185. The van der Waals surface area contributed by atoms with Crippen LogP contribution in [0.2, 0.25) is 0 Å². The molecule has 1 N–H and O–H groups in total. The molecule has 0 aromatic heterocycles. The van der Waals surface area contributed by atoms with Crippen LogP contribution in [0.1, 0.15) is 77.2 Å². The average Bonchev–Trinajstić information content (AvgIpc) is 3.28. The number of carbonyl (C=O) groups is 1. The molecule has 1 heterocycles. The summed E-state index contributed by atoms with van der Waals surface area (Å²) in [5.41, 5.74) is 1.58. The number of fused-ring (bicyclic) bond motifs is 2. The highest BCUT2D eigenvalue weighted by Gasteiger charge is 2.60. The number of hydrazone groups is 1. The van der Waals surface area contributed by atoms with Gasteiger partial charge in [0.2, 0.25) is 0 Å². The van der Waals surface area contributed by atoms with Gasteiger partial charge in [-0.25, -0.2) is 14.2 Å². The quantitative estimate of drug-likeness (QED) is 0.720. The predicted octanol–water partition coefficient (Wildman–Crippen LogP) is 5.45. The van der Waals surface area contributed by atoms with Gasteiger partial charge in [0, 0.05) is 17.2 Å². The number of carbonyl (C=O) groups excluding carboxylic acids is 1. The molecule has 28 heavy (non-hydrogen) atoms. The summed E-state index contributed by atoms with van der Waals surface area (Å²) in [6.07, 6.45) is 7.59. The Hall–Kier alpha value is -1.91. The Balaban J connectivity index is 1.54.